The Bertz CT molecular complexity index is 296. The lowest BCUT2D eigenvalue weighted by Crippen LogP contribution is -2.34. The van der Waals surface area contributed by atoms with Gasteiger partial charge in [-0.3, -0.25) is 0 Å². The summed E-state index contributed by atoms with van der Waals surface area (Å²) in [5.74, 6) is -1.04. The fourth-order valence-corrected chi connectivity index (χ4v) is 0.747. The molecule has 1 nitrogen and oxygen atoms in total. The molecular formula is C6H5BF4N-. The summed E-state index contributed by atoms with van der Waals surface area (Å²) >= 11 is 0. The third-order valence-corrected chi connectivity index (χ3v) is 1.40. The highest BCUT2D eigenvalue weighted by Crippen LogP contribution is 2.13. The van der Waals surface area contributed by atoms with Crippen LogP contribution in [0.2, 0.25) is 0 Å². The number of nitrogen functional groups attached to an aromatic ring is 1. The van der Waals surface area contributed by atoms with Crippen LogP contribution in [-0.2, 0) is 0 Å². The van der Waals surface area contributed by atoms with Gasteiger partial charge >= 0.3 is 6.98 Å². The molecule has 0 spiro atoms. The molecule has 0 aliphatic rings. The predicted octanol–water partition coefficient (Wildman–Crippen LogP) is 1.46. The standard InChI is InChI=1S/C6H5BF4N/c8-5-3-4(7(9,10)11)1-2-6(5)12/h1-3H,12H2/q-1. The Morgan fingerprint density at radius 1 is 1.17 bits per heavy atom. The molecule has 1 aromatic carbocycles. The number of benzene rings is 1. The van der Waals surface area contributed by atoms with Crippen LogP contribution < -0.4 is 11.2 Å². The summed E-state index contributed by atoms with van der Waals surface area (Å²) < 4.78 is 48.4. The van der Waals surface area contributed by atoms with Crippen LogP contribution in [-0.4, -0.2) is 6.98 Å². The summed E-state index contributed by atoms with van der Waals surface area (Å²) in [5.41, 5.74) is 3.75. The number of halogens is 4. The van der Waals surface area contributed by atoms with Gasteiger partial charge in [-0.1, -0.05) is 12.1 Å². The smallest absolute Gasteiger partial charge is 0.445 e. The molecule has 0 fully saturated rings. The molecule has 0 heterocycles. The third kappa shape index (κ3) is 1.69. The molecule has 0 aliphatic heterocycles. The maximum Gasteiger partial charge on any atom is 0.509 e. The fourth-order valence-electron chi connectivity index (χ4n) is 0.747. The largest absolute Gasteiger partial charge is 0.509 e. The van der Waals surface area contributed by atoms with E-state index in [9.17, 15) is 17.3 Å². The number of nitrogens with two attached hydrogens (primary N) is 1. The van der Waals surface area contributed by atoms with Crippen molar-refractivity contribution >= 4 is 18.1 Å². The lowest BCUT2D eigenvalue weighted by molar-refractivity contribution is 0.500. The van der Waals surface area contributed by atoms with Crippen molar-refractivity contribution in [1.82, 2.24) is 0 Å². The molecule has 0 saturated carbocycles. The molecule has 0 saturated heterocycles. The second kappa shape index (κ2) is 2.69. The lowest BCUT2D eigenvalue weighted by Gasteiger charge is -2.14. The van der Waals surface area contributed by atoms with E-state index in [-0.39, 0.29) is 5.69 Å². The first-order valence-corrected chi connectivity index (χ1v) is 3.16. The lowest BCUT2D eigenvalue weighted by atomic mass is 9.80. The van der Waals surface area contributed by atoms with Gasteiger partial charge in [0.05, 0.1) is 5.69 Å². The molecule has 1 rings (SSSR count). The Labute approximate surface area is 66.2 Å². The molecule has 2 N–H and O–H groups in total. The maximum atomic E-state index is 12.5. The molecule has 0 unspecified atom stereocenters. The number of rotatable bonds is 1. The first kappa shape index (κ1) is 8.90. The molecule has 0 bridgehead atoms. The van der Waals surface area contributed by atoms with E-state index in [1.807, 2.05) is 0 Å². The van der Waals surface area contributed by atoms with Gasteiger partial charge in [0.1, 0.15) is 5.82 Å². The average molecular weight is 178 g/mol. The van der Waals surface area contributed by atoms with Crippen LogP contribution in [0.1, 0.15) is 0 Å². The second-order valence-corrected chi connectivity index (χ2v) is 2.36. The highest BCUT2D eigenvalue weighted by molar-refractivity contribution is 6.73. The number of hydrogen-bond acceptors (Lipinski definition) is 1. The van der Waals surface area contributed by atoms with Crippen molar-refractivity contribution in [3.05, 3.63) is 24.0 Å². The Balaban J connectivity index is 3.14. The van der Waals surface area contributed by atoms with Gasteiger partial charge < -0.3 is 18.7 Å². The summed E-state index contributed by atoms with van der Waals surface area (Å²) in [4.78, 5) is 0. The summed E-state index contributed by atoms with van der Waals surface area (Å²) in [6, 6.07) is 2.06. The van der Waals surface area contributed by atoms with Gasteiger partial charge in [-0.2, -0.15) is 0 Å². The minimum absolute atomic E-state index is 0.279. The SMILES string of the molecule is Nc1ccc([B-](F)(F)F)cc1F. The van der Waals surface area contributed by atoms with Crippen LogP contribution in [0.15, 0.2) is 18.2 Å². The molecule has 12 heavy (non-hydrogen) atoms. The fraction of sp³-hybridized carbons (Fsp3) is 0. The van der Waals surface area contributed by atoms with Crippen LogP contribution >= 0.6 is 0 Å². The summed E-state index contributed by atoms with van der Waals surface area (Å²) in [5, 5.41) is 0. The zero-order valence-electron chi connectivity index (χ0n) is 5.90. The molecule has 6 heteroatoms. The minimum Gasteiger partial charge on any atom is -0.445 e. The van der Waals surface area contributed by atoms with Gasteiger partial charge in [0, 0.05) is 0 Å². The van der Waals surface area contributed by atoms with Gasteiger partial charge in [0.2, 0.25) is 0 Å². The maximum absolute atomic E-state index is 12.5. The van der Waals surface area contributed by atoms with Gasteiger partial charge in [-0.25, -0.2) is 4.39 Å². The van der Waals surface area contributed by atoms with E-state index in [0.29, 0.717) is 6.07 Å². The van der Waals surface area contributed by atoms with Crippen molar-refractivity contribution < 1.29 is 17.3 Å². The molecule has 66 valence electrons. The minimum atomic E-state index is -5.13. The van der Waals surface area contributed by atoms with E-state index in [1.54, 1.807) is 0 Å². The van der Waals surface area contributed by atoms with Crippen LogP contribution in [0.4, 0.5) is 23.0 Å². The monoisotopic (exact) mass is 178 g/mol. The van der Waals surface area contributed by atoms with Crippen molar-refractivity contribution in [2.45, 2.75) is 0 Å². The van der Waals surface area contributed by atoms with Gasteiger partial charge in [0.15, 0.2) is 0 Å². The van der Waals surface area contributed by atoms with Crippen molar-refractivity contribution in [2.24, 2.45) is 0 Å². The zero-order valence-corrected chi connectivity index (χ0v) is 5.90. The van der Waals surface area contributed by atoms with Gasteiger partial charge in [0.25, 0.3) is 0 Å². The van der Waals surface area contributed by atoms with Crippen LogP contribution in [0.3, 0.4) is 0 Å². The quantitative estimate of drug-likeness (QED) is 0.393. The highest BCUT2D eigenvalue weighted by Gasteiger charge is 2.25. The van der Waals surface area contributed by atoms with Crippen molar-refractivity contribution in [3.8, 4) is 0 Å². The molecule has 0 amide bonds. The van der Waals surface area contributed by atoms with Crippen molar-refractivity contribution in [1.29, 1.82) is 0 Å². The van der Waals surface area contributed by atoms with E-state index in [4.69, 9.17) is 5.73 Å². The summed E-state index contributed by atoms with van der Waals surface area (Å²) in [6.07, 6.45) is 0. The predicted molar refractivity (Wildman–Crippen MR) is 39.5 cm³/mol. The van der Waals surface area contributed by atoms with E-state index in [2.05, 4.69) is 0 Å². The van der Waals surface area contributed by atoms with Crippen LogP contribution in [0, 0.1) is 5.82 Å². The topological polar surface area (TPSA) is 26.0 Å². The first-order chi connectivity index (χ1) is 5.41. The van der Waals surface area contributed by atoms with Gasteiger partial charge in [-0.15, -0.1) is 5.46 Å². The summed E-state index contributed by atoms with van der Waals surface area (Å²) in [6.45, 7) is -5.13. The van der Waals surface area contributed by atoms with E-state index in [1.165, 1.54) is 0 Å². The Morgan fingerprint density at radius 3 is 2.17 bits per heavy atom. The molecule has 1 aromatic rings. The molecule has 0 radical (unpaired) electrons. The van der Waals surface area contributed by atoms with Crippen LogP contribution in [0.5, 0.6) is 0 Å². The molecule has 0 aliphatic carbocycles. The number of hydrogen-bond donors (Lipinski definition) is 1. The first-order valence-electron chi connectivity index (χ1n) is 3.16. The van der Waals surface area contributed by atoms with E-state index >= 15 is 0 Å². The molecule has 0 atom stereocenters. The number of anilines is 1. The van der Waals surface area contributed by atoms with Crippen molar-refractivity contribution in [2.75, 3.05) is 5.73 Å². The van der Waals surface area contributed by atoms with E-state index < -0.39 is 18.3 Å². The Kier molecular flexibility index (Phi) is 2.00. The van der Waals surface area contributed by atoms with Crippen LogP contribution in [0.25, 0.3) is 0 Å². The zero-order chi connectivity index (χ0) is 9.35. The average Bonchev–Trinajstić information content (AvgIpc) is 1.92. The summed E-state index contributed by atoms with van der Waals surface area (Å²) in [7, 11) is 0. The van der Waals surface area contributed by atoms with E-state index in [0.717, 1.165) is 12.1 Å². The van der Waals surface area contributed by atoms with Gasteiger partial charge in [-0.05, 0) is 6.07 Å². The molecule has 0 aromatic heterocycles. The Hall–Kier alpha value is -1.20. The molecular weight excluding hydrogens is 173 g/mol. The second-order valence-electron chi connectivity index (χ2n) is 2.36. The Morgan fingerprint density at radius 2 is 1.75 bits per heavy atom. The van der Waals surface area contributed by atoms with Crippen molar-refractivity contribution in [3.63, 3.8) is 0 Å². The normalized spacial score (nSPS) is 11.7. The third-order valence-electron chi connectivity index (χ3n) is 1.40. The highest BCUT2D eigenvalue weighted by atomic mass is 19.4.